The first-order valence-corrected chi connectivity index (χ1v) is 7.69. The van der Waals surface area contributed by atoms with Crippen molar-refractivity contribution in [2.75, 3.05) is 26.3 Å². The Labute approximate surface area is 148 Å². The molecule has 2 aromatic rings. The van der Waals surface area contributed by atoms with Crippen LogP contribution in [0.4, 0.5) is 5.69 Å². The standard InChI is InChI=1S/C18H20N4O.ClH/c19-17(15-7-3-1-4-8-15)21-18(22-11-13-23-14-12-22)20-16-9-5-2-6-10-16;/h1-10H,11-14H2,(H2,19,20,21);1H. The minimum absolute atomic E-state index is 0. The summed E-state index contributed by atoms with van der Waals surface area (Å²) < 4.78 is 5.41. The van der Waals surface area contributed by atoms with E-state index < -0.39 is 0 Å². The van der Waals surface area contributed by atoms with E-state index in [0.29, 0.717) is 25.0 Å². The lowest BCUT2D eigenvalue weighted by atomic mass is 10.2. The van der Waals surface area contributed by atoms with Gasteiger partial charge >= 0.3 is 0 Å². The van der Waals surface area contributed by atoms with Gasteiger partial charge in [-0.2, -0.15) is 4.99 Å². The second-order valence-electron chi connectivity index (χ2n) is 5.21. The summed E-state index contributed by atoms with van der Waals surface area (Å²) in [6.45, 7) is 2.87. The molecule has 6 heteroatoms. The summed E-state index contributed by atoms with van der Waals surface area (Å²) in [5.74, 6) is 1.09. The average Bonchev–Trinajstić information content (AvgIpc) is 2.63. The fraction of sp³-hybridized carbons (Fsp3) is 0.222. The van der Waals surface area contributed by atoms with Crippen molar-refractivity contribution in [2.24, 2.45) is 15.7 Å². The van der Waals surface area contributed by atoms with E-state index in [1.807, 2.05) is 60.7 Å². The van der Waals surface area contributed by atoms with Gasteiger partial charge in [0.05, 0.1) is 18.9 Å². The van der Waals surface area contributed by atoms with E-state index >= 15 is 0 Å². The van der Waals surface area contributed by atoms with E-state index in [0.717, 1.165) is 24.3 Å². The van der Waals surface area contributed by atoms with Crippen molar-refractivity contribution in [1.82, 2.24) is 4.90 Å². The zero-order chi connectivity index (χ0) is 15.9. The number of para-hydroxylation sites is 1. The van der Waals surface area contributed by atoms with Crippen LogP contribution in [0.2, 0.25) is 0 Å². The van der Waals surface area contributed by atoms with Crippen molar-refractivity contribution in [2.45, 2.75) is 0 Å². The molecule has 1 heterocycles. The fourth-order valence-electron chi connectivity index (χ4n) is 2.33. The Bertz CT molecular complexity index is 683. The number of hydrogen-bond donors (Lipinski definition) is 1. The van der Waals surface area contributed by atoms with Crippen molar-refractivity contribution >= 4 is 29.9 Å². The Balaban J connectivity index is 0.00000208. The third kappa shape index (κ3) is 4.81. The van der Waals surface area contributed by atoms with Crippen LogP contribution in [-0.2, 0) is 4.74 Å². The van der Waals surface area contributed by atoms with Gasteiger partial charge in [0.15, 0.2) is 0 Å². The van der Waals surface area contributed by atoms with Gasteiger partial charge in [0, 0.05) is 18.7 Å². The van der Waals surface area contributed by atoms with Crippen LogP contribution in [-0.4, -0.2) is 43.0 Å². The quantitative estimate of drug-likeness (QED) is 0.673. The van der Waals surface area contributed by atoms with Gasteiger partial charge in [-0.1, -0.05) is 48.5 Å². The maximum absolute atomic E-state index is 6.17. The van der Waals surface area contributed by atoms with Crippen molar-refractivity contribution in [3.8, 4) is 0 Å². The third-order valence-electron chi connectivity index (χ3n) is 3.57. The van der Waals surface area contributed by atoms with E-state index in [-0.39, 0.29) is 12.4 Å². The van der Waals surface area contributed by atoms with Crippen molar-refractivity contribution in [3.05, 3.63) is 66.2 Å². The summed E-state index contributed by atoms with van der Waals surface area (Å²) in [4.78, 5) is 11.4. The van der Waals surface area contributed by atoms with Crippen LogP contribution in [0.15, 0.2) is 70.6 Å². The molecular weight excluding hydrogens is 324 g/mol. The first-order valence-electron chi connectivity index (χ1n) is 7.69. The normalized spacial score (nSPS) is 15.8. The minimum Gasteiger partial charge on any atom is -0.383 e. The molecule has 126 valence electrons. The number of nitrogens with zero attached hydrogens (tertiary/aromatic N) is 3. The van der Waals surface area contributed by atoms with Crippen LogP contribution in [0.25, 0.3) is 0 Å². The van der Waals surface area contributed by atoms with Crippen LogP contribution in [0.5, 0.6) is 0 Å². The van der Waals surface area contributed by atoms with Crippen molar-refractivity contribution < 1.29 is 4.74 Å². The molecule has 2 N–H and O–H groups in total. The van der Waals surface area contributed by atoms with Gasteiger partial charge in [-0.15, -0.1) is 12.4 Å². The number of benzene rings is 2. The molecule has 0 radical (unpaired) electrons. The fourth-order valence-corrected chi connectivity index (χ4v) is 2.33. The SMILES string of the molecule is Cl.N/C(=N\C(=Nc1ccccc1)N1CCOCC1)c1ccccc1. The predicted octanol–water partition coefficient (Wildman–Crippen LogP) is 2.83. The van der Waals surface area contributed by atoms with E-state index in [2.05, 4.69) is 14.9 Å². The van der Waals surface area contributed by atoms with Crippen LogP contribution in [0, 0.1) is 0 Å². The first-order chi connectivity index (χ1) is 11.3. The molecule has 0 aliphatic carbocycles. The Hall–Kier alpha value is -2.37. The molecule has 1 saturated heterocycles. The van der Waals surface area contributed by atoms with E-state index in [4.69, 9.17) is 10.5 Å². The summed E-state index contributed by atoms with van der Waals surface area (Å²) in [5.41, 5.74) is 7.92. The Morgan fingerprint density at radius 2 is 1.50 bits per heavy atom. The molecule has 1 aliphatic rings. The first kappa shape index (κ1) is 18.0. The summed E-state index contributed by atoms with van der Waals surface area (Å²) >= 11 is 0. The van der Waals surface area contributed by atoms with E-state index in [1.165, 1.54) is 0 Å². The third-order valence-corrected chi connectivity index (χ3v) is 3.57. The number of rotatable bonds is 2. The molecule has 3 rings (SSSR count). The summed E-state index contributed by atoms with van der Waals surface area (Å²) in [5, 5.41) is 0. The largest absolute Gasteiger partial charge is 0.383 e. The molecule has 0 amide bonds. The monoisotopic (exact) mass is 344 g/mol. The highest BCUT2D eigenvalue weighted by atomic mass is 35.5. The van der Waals surface area contributed by atoms with Crippen LogP contribution in [0.1, 0.15) is 5.56 Å². The van der Waals surface area contributed by atoms with Gasteiger partial charge < -0.3 is 15.4 Å². The lowest BCUT2D eigenvalue weighted by Gasteiger charge is -2.27. The lowest BCUT2D eigenvalue weighted by molar-refractivity contribution is 0.0676. The maximum Gasteiger partial charge on any atom is 0.228 e. The minimum atomic E-state index is 0. The molecule has 2 aromatic carbocycles. The second kappa shape index (κ2) is 9.05. The number of aliphatic imine (C=N–C) groups is 2. The predicted molar refractivity (Wildman–Crippen MR) is 100 cm³/mol. The van der Waals surface area contributed by atoms with Crippen LogP contribution < -0.4 is 5.73 Å². The maximum atomic E-state index is 6.17. The van der Waals surface area contributed by atoms with Crippen LogP contribution >= 0.6 is 12.4 Å². The van der Waals surface area contributed by atoms with Gasteiger partial charge in [0.25, 0.3) is 0 Å². The average molecular weight is 345 g/mol. The number of nitrogens with two attached hydrogens (primary N) is 1. The van der Waals surface area contributed by atoms with E-state index in [9.17, 15) is 0 Å². The van der Waals surface area contributed by atoms with Crippen LogP contribution in [0.3, 0.4) is 0 Å². The van der Waals surface area contributed by atoms with Gasteiger partial charge in [-0.25, -0.2) is 4.99 Å². The molecule has 0 spiro atoms. The zero-order valence-corrected chi connectivity index (χ0v) is 14.2. The van der Waals surface area contributed by atoms with Gasteiger partial charge in [-0.05, 0) is 12.1 Å². The highest BCUT2D eigenvalue weighted by molar-refractivity contribution is 6.05. The number of ether oxygens (including phenoxy) is 1. The Kier molecular flexibility index (Phi) is 6.78. The molecule has 0 saturated carbocycles. The topological polar surface area (TPSA) is 63.2 Å². The number of halogens is 1. The Morgan fingerprint density at radius 3 is 2.12 bits per heavy atom. The highest BCUT2D eigenvalue weighted by Crippen LogP contribution is 2.13. The van der Waals surface area contributed by atoms with Gasteiger partial charge in [0.2, 0.25) is 5.96 Å². The molecular formula is C18H21ClN4O. The molecule has 0 unspecified atom stereocenters. The van der Waals surface area contributed by atoms with Gasteiger partial charge in [0.1, 0.15) is 5.84 Å². The van der Waals surface area contributed by atoms with E-state index in [1.54, 1.807) is 0 Å². The second-order valence-corrected chi connectivity index (χ2v) is 5.21. The number of guanidine groups is 1. The lowest BCUT2D eigenvalue weighted by Crippen LogP contribution is -2.40. The number of hydrogen-bond acceptors (Lipinski definition) is 2. The Morgan fingerprint density at radius 1 is 0.917 bits per heavy atom. The molecule has 5 nitrogen and oxygen atoms in total. The molecule has 1 fully saturated rings. The molecule has 0 aromatic heterocycles. The molecule has 0 atom stereocenters. The smallest absolute Gasteiger partial charge is 0.228 e. The van der Waals surface area contributed by atoms with Gasteiger partial charge in [-0.3, -0.25) is 0 Å². The van der Waals surface area contributed by atoms with Crippen molar-refractivity contribution in [1.29, 1.82) is 0 Å². The number of morpholine rings is 1. The van der Waals surface area contributed by atoms with Crippen molar-refractivity contribution in [3.63, 3.8) is 0 Å². The number of amidine groups is 1. The summed E-state index contributed by atoms with van der Waals surface area (Å²) in [6, 6.07) is 19.5. The summed E-state index contributed by atoms with van der Waals surface area (Å²) in [6.07, 6.45) is 0. The molecule has 24 heavy (non-hydrogen) atoms. The molecule has 1 aliphatic heterocycles. The summed E-state index contributed by atoms with van der Waals surface area (Å²) in [7, 11) is 0. The highest BCUT2D eigenvalue weighted by Gasteiger charge is 2.15. The molecule has 0 bridgehead atoms. The zero-order valence-electron chi connectivity index (χ0n) is 13.3.